The zero-order chi connectivity index (χ0) is 14.3. The van der Waals surface area contributed by atoms with E-state index >= 15 is 0 Å². The third-order valence-corrected chi connectivity index (χ3v) is 3.38. The lowest BCUT2D eigenvalue weighted by Gasteiger charge is -2.05. The van der Waals surface area contributed by atoms with Crippen LogP contribution in [0.25, 0.3) is 22.3 Å². The molecule has 20 heavy (non-hydrogen) atoms. The van der Waals surface area contributed by atoms with E-state index in [1.165, 1.54) is 0 Å². The van der Waals surface area contributed by atoms with Gasteiger partial charge in [-0.2, -0.15) is 0 Å². The van der Waals surface area contributed by atoms with Crippen LogP contribution in [0, 0.1) is 13.8 Å². The number of aromatic nitrogens is 4. The van der Waals surface area contributed by atoms with Gasteiger partial charge in [-0.25, -0.2) is 20.8 Å². The van der Waals surface area contributed by atoms with Crippen LogP contribution < -0.4 is 11.3 Å². The van der Waals surface area contributed by atoms with Gasteiger partial charge in [0, 0.05) is 18.3 Å². The summed E-state index contributed by atoms with van der Waals surface area (Å²) in [5.41, 5.74) is 7.24. The Morgan fingerprint density at radius 2 is 1.90 bits per heavy atom. The molecule has 0 saturated heterocycles. The van der Waals surface area contributed by atoms with Crippen LogP contribution in [0.15, 0.2) is 24.3 Å². The van der Waals surface area contributed by atoms with E-state index in [9.17, 15) is 0 Å². The van der Waals surface area contributed by atoms with Crippen molar-refractivity contribution in [2.75, 3.05) is 5.43 Å². The number of benzene rings is 1. The number of hydrogen-bond donors (Lipinski definition) is 2. The van der Waals surface area contributed by atoms with E-state index < -0.39 is 0 Å². The number of aryl methyl sites for hydroxylation is 3. The molecule has 0 atom stereocenters. The second kappa shape index (κ2) is 4.57. The molecule has 3 N–H and O–H groups in total. The van der Waals surface area contributed by atoms with Gasteiger partial charge in [-0.1, -0.05) is 6.07 Å². The van der Waals surface area contributed by atoms with Crippen LogP contribution in [0.2, 0.25) is 0 Å². The van der Waals surface area contributed by atoms with Gasteiger partial charge in [0.25, 0.3) is 0 Å². The highest BCUT2D eigenvalue weighted by atomic mass is 15.3. The minimum absolute atomic E-state index is 0.414. The van der Waals surface area contributed by atoms with Crippen molar-refractivity contribution in [2.45, 2.75) is 13.8 Å². The highest BCUT2D eigenvalue weighted by Gasteiger charge is 2.08. The number of hydrogen-bond acceptors (Lipinski definition) is 5. The molecule has 6 heteroatoms. The summed E-state index contributed by atoms with van der Waals surface area (Å²) in [7, 11) is 2.01. The lowest BCUT2D eigenvalue weighted by atomic mass is 10.1. The van der Waals surface area contributed by atoms with Gasteiger partial charge in [0.05, 0.1) is 16.7 Å². The first-order valence-electron chi connectivity index (χ1n) is 6.34. The van der Waals surface area contributed by atoms with Crippen molar-refractivity contribution in [3.8, 4) is 11.3 Å². The van der Waals surface area contributed by atoms with Gasteiger partial charge in [-0.15, -0.1) is 0 Å². The summed E-state index contributed by atoms with van der Waals surface area (Å²) in [6, 6.07) is 8.05. The molecule has 0 aliphatic heterocycles. The Balaban J connectivity index is 2.17. The molecule has 0 unspecified atom stereocenters. The standard InChI is InChI=1S/C14H16N6/c1-8-6-11(18-14(16-8)19-15)10-4-5-13-12(7-10)17-9(2)20(13)3/h4-7H,15H2,1-3H3,(H,16,18,19). The minimum atomic E-state index is 0.414. The van der Waals surface area contributed by atoms with Gasteiger partial charge < -0.3 is 4.57 Å². The van der Waals surface area contributed by atoms with E-state index in [0.717, 1.165) is 33.8 Å². The molecule has 0 aliphatic rings. The summed E-state index contributed by atoms with van der Waals surface area (Å²) < 4.78 is 2.07. The molecule has 0 amide bonds. The topological polar surface area (TPSA) is 81.7 Å². The highest BCUT2D eigenvalue weighted by Crippen LogP contribution is 2.24. The summed E-state index contributed by atoms with van der Waals surface area (Å²) in [5, 5.41) is 0. The summed E-state index contributed by atoms with van der Waals surface area (Å²) in [5.74, 6) is 6.79. The molecule has 0 aliphatic carbocycles. The molecular weight excluding hydrogens is 252 g/mol. The van der Waals surface area contributed by atoms with E-state index in [1.807, 2.05) is 39.1 Å². The van der Waals surface area contributed by atoms with Crippen molar-refractivity contribution in [2.24, 2.45) is 12.9 Å². The molecule has 2 heterocycles. The number of rotatable bonds is 2. The maximum Gasteiger partial charge on any atom is 0.237 e. The summed E-state index contributed by atoms with van der Waals surface area (Å²) in [4.78, 5) is 13.1. The molecular formula is C14H16N6. The first-order chi connectivity index (χ1) is 9.58. The molecule has 102 valence electrons. The average molecular weight is 268 g/mol. The summed E-state index contributed by atoms with van der Waals surface area (Å²) >= 11 is 0. The Bertz CT molecular complexity index is 790. The zero-order valence-corrected chi connectivity index (χ0v) is 11.7. The molecule has 0 spiro atoms. The van der Waals surface area contributed by atoms with Gasteiger partial charge in [0.15, 0.2) is 0 Å². The Kier molecular flexibility index (Phi) is 2.87. The zero-order valence-electron chi connectivity index (χ0n) is 11.7. The van der Waals surface area contributed by atoms with Crippen molar-refractivity contribution >= 4 is 17.0 Å². The van der Waals surface area contributed by atoms with Crippen LogP contribution in [0.3, 0.4) is 0 Å². The fourth-order valence-corrected chi connectivity index (χ4v) is 2.26. The van der Waals surface area contributed by atoms with E-state index in [4.69, 9.17) is 5.84 Å². The van der Waals surface area contributed by atoms with Crippen molar-refractivity contribution in [1.29, 1.82) is 0 Å². The second-order valence-corrected chi connectivity index (χ2v) is 4.78. The third-order valence-electron chi connectivity index (χ3n) is 3.38. The highest BCUT2D eigenvalue weighted by molar-refractivity contribution is 5.82. The number of nitrogens with two attached hydrogens (primary N) is 1. The van der Waals surface area contributed by atoms with Gasteiger partial charge >= 0.3 is 0 Å². The number of fused-ring (bicyclic) bond motifs is 1. The van der Waals surface area contributed by atoms with Crippen LogP contribution in [-0.4, -0.2) is 19.5 Å². The monoisotopic (exact) mass is 268 g/mol. The van der Waals surface area contributed by atoms with Gasteiger partial charge in [0.1, 0.15) is 5.82 Å². The smallest absolute Gasteiger partial charge is 0.237 e. The number of nitrogens with zero attached hydrogens (tertiary/aromatic N) is 4. The van der Waals surface area contributed by atoms with E-state index in [-0.39, 0.29) is 0 Å². The first-order valence-corrected chi connectivity index (χ1v) is 6.34. The number of imidazole rings is 1. The van der Waals surface area contributed by atoms with Gasteiger partial charge in [-0.3, -0.25) is 5.43 Å². The number of nitrogens with one attached hydrogen (secondary N) is 1. The van der Waals surface area contributed by atoms with Crippen LogP contribution in [0.4, 0.5) is 5.95 Å². The molecule has 3 rings (SSSR count). The fraction of sp³-hybridized carbons (Fsp3) is 0.214. The Hall–Kier alpha value is -2.47. The summed E-state index contributed by atoms with van der Waals surface area (Å²) in [6.45, 7) is 3.90. The SMILES string of the molecule is Cc1cc(-c2ccc3c(c2)nc(C)n3C)nc(NN)n1. The number of anilines is 1. The quantitative estimate of drug-likeness (QED) is 0.548. The predicted molar refractivity (Wildman–Crippen MR) is 79.0 cm³/mol. The van der Waals surface area contributed by atoms with Crippen molar-refractivity contribution in [3.63, 3.8) is 0 Å². The van der Waals surface area contributed by atoms with E-state index in [2.05, 4.69) is 31.0 Å². The fourth-order valence-electron chi connectivity index (χ4n) is 2.26. The van der Waals surface area contributed by atoms with Crippen molar-refractivity contribution in [1.82, 2.24) is 19.5 Å². The van der Waals surface area contributed by atoms with Crippen LogP contribution in [0.1, 0.15) is 11.5 Å². The molecule has 0 fully saturated rings. The Morgan fingerprint density at radius 1 is 1.10 bits per heavy atom. The maximum absolute atomic E-state index is 5.39. The second-order valence-electron chi connectivity index (χ2n) is 4.78. The lowest BCUT2D eigenvalue weighted by Crippen LogP contribution is -2.11. The van der Waals surface area contributed by atoms with E-state index in [0.29, 0.717) is 5.95 Å². The summed E-state index contributed by atoms with van der Waals surface area (Å²) in [6.07, 6.45) is 0. The maximum atomic E-state index is 5.39. The van der Waals surface area contributed by atoms with Crippen LogP contribution >= 0.6 is 0 Å². The molecule has 3 aromatic rings. The molecule has 6 nitrogen and oxygen atoms in total. The number of nitrogen functional groups attached to an aromatic ring is 1. The average Bonchev–Trinajstić information content (AvgIpc) is 2.73. The Morgan fingerprint density at radius 3 is 2.65 bits per heavy atom. The molecule has 1 aromatic carbocycles. The van der Waals surface area contributed by atoms with Crippen LogP contribution in [-0.2, 0) is 7.05 Å². The molecule has 0 radical (unpaired) electrons. The van der Waals surface area contributed by atoms with Crippen LogP contribution in [0.5, 0.6) is 0 Å². The number of hydrazine groups is 1. The van der Waals surface area contributed by atoms with E-state index in [1.54, 1.807) is 0 Å². The third kappa shape index (κ3) is 2.00. The normalized spacial score (nSPS) is 11.0. The minimum Gasteiger partial charge on any atom is -0.331 e. The lowest BCUT2D eigenvalue weighted by molar-refractivity contribution is 0.886. The van der Waals surface area contributed by atoms with Crippen molar-refractivity contribution < 1.29 is 0 Å². The predicted octanol–water partition coefficient (Wildman–Crippen LogP) is 1.93. The Labute approximate surface area is 116 Å². The first kappa shape index (κ1) is 12.6. The molecule has 0 bridgehead atoms. The van der Waals surface area contributed by atoms with Gasteiger partial charge in [-0.05, 0) is 32.0 Å². The molecule has 0 saturated carbocycles. The molecule has 2 aromatic heterocycles. The largest absolute Gasteiger partial charge is 0.331 e. The van der Waals surface area contributed by atoms with Crippen molar-refractivity contribution in [3.05, 3.63) is 35.8 Å². The van der Waals surface area contributed by atoms with Gasteiger partial charge in [0.2, 0.25) is 5.95 Å².